The largest absolute Gasteiger partial charge is 0.384 e. The molecule has 0 heterocycles. The Morgan fingerprint density at radius 2 is 1.89 bits per heavy atom. The molecule has 106 valence electrons. The second-order valence-corrected chi connectivity index (χ2v) is 7.76. The first-order chi connectivity index (χ1) is 8.91. The van der Waals surface area contributed by atoms with Gasteiger partial charge < -0.3 is 5.32 Å². The van der Waals surface area contributed by atoms with Gasteiger partial charge in [0, 0.05) is 26.3 Å². The van der Waals surface area contributed by atoms with Gasteiger partial charge in [0.25, 0.3) is 0 Å². The molecule has 1 aliphatic rings. The van der Waals surface area contributed by atoms with Crippen LogP contribution in [-0.4, -0.2) is 38.7 Å². The summed E-state index contributed by atoms with van der Waals surface area (Å²) in [4.78, 5) is 0.299. The molecule has 0 aromatic heterocycles. The molecule has 0 amide bonds. The van der Waals surface area contributed by atoms with Gasteiger partial charge in [0.1, 0.15) is 0 Å². The minimum atomic E-state index is -3.35. The number of benzene rings is 1. The highest BCUT2D eigenvalue weighted by atomic mass is 35.5. The summed E-state index contributed by atoms with van der Waals surface area (Å²) in [6.07, 6.45) is 2.44. The second-order valence-electron chi connectivity index (χ2n) is 5.05. The fraction of sp³-hybridized carbons (Fsp3) is 0.538. The molecule has 19 heavy (non-hydrogen) atoms. The average Bonchev–Trinajstić information content (AvgIpc) is 3.20. The van der Waals surface area contributed by atoms with E-state index in [1.165, 1.54) is 31.2 Å². The van der Waals surface area contributed by atoms with Crippen molar-refractivity contribution in [3.8, 4) is 0 Å². The Hall–Kier alpha value is -0.780. The molecule has 0 radical (unpaired) electrons. The van der Waals surface area contributed by atoms with Crippen LogP contribution in [0.1, 0.15) is 12.8 Å². The number of halogens is 1. The third-order valence-corrected chi connectivity index (χ3v) is 5.61. The Morgan fingerprint density at radius 3 is 2.37 bits per heavy atom. The van der Waals surface area contributed by atoms with Crippen LogP contribution in [0.15, 0.2) is 29.2 Å². The number of alkyl halides is 1. The highest BCUT2D eigenvalue weighted by Crippen LogP contribution is 2.35. The monoisotopic (exact) mass is 302 g/mol. The number of nitrogens with zero attached hydrogens (tertiary/aromatic N) is 1. The lowest BCUT2D eigenvalue weighted by atomic mass is 10.2. The van der Waals surface area contributed by atoms with Gasteiger partial charge in [0.05, 0.1) is 10.3 Å². The number of nitrogens with one attached hydrogen (secondary N) is 1. The number of rotatable bonds is 6. The van der Waals surface area contributed by atoms with Gasteiger partial charge in [0.2, 0.25) is 10.0 Å². The standard InChI is InChI=1S/C13H19ClN2O2S/c1-16(2)19(17,18)12-7-5-11(6-8-12)15-9-13(14)10-3-4-10/h5-8,10,13,15H,3-4,9H2,1-2H3. The predicted molar refractivity (Wildman–Crippen MR) is 78.2 cm³/mol. The molecule has 2 rings (SSSR count). The van der Waals surface area contributed by atoms with Crippen LogP contribution < -0.4 is 5.32 Å². The Morgan fingerprint density at radius 1 is 1.32 bits per heavy atom. The summed E-state index contributed by atoms with van der Waals surface area (Å²) in [6, 6.07) is 6.76. The van der Waals surface area contributed by atoms with Crippen molar-refractivity contribution < 1.29 is 8.42 Å². The SMILES string of the molecule is CN(C)S(=O)(=O)c1ccc(NCC(Cl)C2CC2)cc1. The molecule has 6 heteroatoms. The van der Waals surface area contributed by atoms with E-state index in [2.05, 4.69) is 5.32 Å². The van der Waals surface area contributed by atoms with Crippen molar-refractivity contribution in [2.45, 2.75) is 23.1 Å². The Labute approximate surface area is 119 Å². The lowest BCUT2D eigenvalue weighted by Gasteiger charge is -2.13. The molecule has 1 aliphatic carbocycles. The van der Waals surface area contributed by atoms with Crippen molar-refractivity contribution in [1.29, 1.82) is 0 Å². The fourth-order valence-electron chi connectivity index (χ4n) is 1.80. The quantitative estimate of drug-likeness (QED) is 0.821. The number of hydrogen-bond donors (Lipinski definition) is 1. The summed E-state index contributed by atoms with van der Waals surface area (Å²) in [5.74, 6) is 0.641. The normalized spacial score (nSPS) is 17.5. The van der Waals surface area contributed by atoms with Gasteiger partial charge in [-0.2, -0.15) is 0 Å². The first-order valence-corrected chi connectivity index (χ1v) is 8.19. The Balaban J connectivity index is 1.98. The van der Waals surface area contributed by atoms with Crippen LogP contribution in [0, 0.1) is 5.92 Å². The van der Waals surface area contributed by atoms with Crippen LogP contribution in [-0.2, 0) is 10.0 Å². The van der Waals surface area contributed by atoms with Crippen LogP contribution in [0.2, 0.25) is 0 Å². The zero-order chi connectivity index (χ0) is 14.0. The van der Waals surface area contributed by atoms with Gasteiger partial charge in [-0.05, 0) is 43.0 Å². The van der Waals surface area contributed by atoms with E-state index in [1.807, 2.05) is 0 Å². The van der Waals surface area contributed by atoms with Crippen LogP contribution in [0.25, 0.3) is 0 Å². The topological polar surface area (TPSA) is 49.4 Å². The van der Waals surface area contributed by atoms with Crippen molar-refractivity contribution in [3.63, 3.8) is 0 Å². The van der Waals surface area contributed by atoms with Crippen LogP contribution >= 0.6 is 11.6 Å². The molecule has 0 aliphatic heterocycles. The van der Waals surface area contributed by atoms with E-state index in [0.29, 0.717) is 17.4 Å². The molecule has 0 saturated heterocycles. The summed E-state index contributed by atoms with van der Waals surface area (Å²) in [7, 11) is -0.303. The minimum Gasteiger partial charge on any atom is -0.384 e. The summed E-state index contributed by atoms with van der Waals surface area (Å²) in [6.45, 7) is 0.714. The van der Waals surface area contributed by atoms with Gasteiger partial charge in [-0.25, -0.2) is 12.7 Å². The highest BCUT2D eigenvalue weighted by Gasteiger charge is 2.29. The lowest BCUT2D eigenvalue weighted by Crippen LogP contribution is -2.22. The van der Waals surface area contributed by atoms with Gasteiger partial charge in [0.15, 0.2) is 0 Å². The molecular weight excluding hydrogens is 284 g/mol. The van der Waals surface area contributed by atoms with Gasteiger partial charge in [-0.3, -0.25) is 0 Å². The predicted octanol–water partition coefficient (Wildman–Crippen LogP) is 2.37. The first-order valence-electron chi connectivity index (χ1n) is 6.32. The van der Waals surface area contributed by atoms with E-state index in [1.54, 1.807) is 24.3 Å². The molecule has 4 nitrogen and oxygen atoms in total. The Bertz CT molecular complexity index is 524. The smallest absolute Gasteiger partial charge is 0.242 e. The van der Waals surface area contributed by atoms with Crippen molar-refractivity contribution in [3.05, 3.63) is 24.3 Å². The summed E-state index contributed by atoms with van der Waals surface area (Å²) in [5, 5.41) is 3.39. The number of sulfonamides is 1. The zero-order valence-electron chi connectivity index (χ0n) is 11.1. The number of anilines is 1. The fourth-order valence-corrected chi connectivity index (χ4v) is 3.03. The van der Waals surface area contributed by atoms with E-state index >= 15 is 0 Å². The van der Waals surface area contributed by atoms with Crippen LogP contribution in [0.3, 0.4) is 0 Å². The zero-order valence-corrected chi connectivity index (χ0v) is 12.7. The third kappa shape index (κ3) is 3.61. The van der Waals surface area contributed by atoms with Crippen LogP contribution in [0.5, 0.6) is 0 Å². The van der Waals surface area contributed by atoms with Gasteiger partial charge in [-0.15, -0.1) is 11.6 Å². The molecule has 1 aromatic rings. The summed E-state index contributed by atoms with van der Waals surface area (Å²) >= 11 is 6.21. The lowest BCUT2D eigenvalue weighted by molar-refractivity contribution is 0.521. The van der Waals surface area contributed by atoms with Crippen molar-refractivity contribution >= 4 is 27.3 Å². The Kier molecular flexibility index (Phi) is 4.38. The maximum atomic E-state index is 11.9. The van der Waals surface area contributed by atoms with Crippen molar-refractivity contribution in [2.24, 2.45) is 5.92 Å². The molecule has 1 N–H and O–H groups in total. The number of hydrogen-bond acceptors (Lipinski definition) is 3. The summed E-state index contributed by atoms with van der Waals surface area (Å²) < 4.78 is 25.0. The van der Waals surface area contributed by atoms with Crippen molar-refractivity contribution in [1.82, 2.24) is 4.31 Å². The molecule has 0 spiro atoms. The molecule has 1 atom stereocenters. The first kappa shape index (κ1) is 14.6. The van der Waals surface area contributed by atoms with Crippen molar-refractivity contribution in [2.75, 3.05) is 26.0 Å². The van der Waals surface area contributed by atoms with E-state index < -0.39 is 10.0 Å². The maximum absolute atomic E-state index is 11.9. The average molecular weight is 303 g/mol. The minimum absolute atomic E-state index is 0.158. The van der Waals surface area contributed by atoms with Gasteiger partial charge >= 0.3 is 0 Å². The molecule has 1 fully saturated rings. The van der Waals surface area contributed by atoms with E-state index in [0.717, 1.165) is 5.69 Å². The molecular formula is C13H19ClN2O2S. The molecule has 1 aromatic carbocycles. The third-order valence-electron chi connectivity index (χ3n) is 3.27. The van der Waals surface area contributed by atoms with E-state index in [-0.39, 0.29) is 5.38 Å². The van der Waals surface area contributed by atoms with Crippen LogP contribution in [0.4, 0.5) is 5.69 Å². The molecule has 1 saturated carbocycles. The second kappa shape index (κ2) is 5.69. The van der Waals surface area contributed by atoms with Gasteiger partial charge in [-0.1, -0.05) is 0 Å². The molecule has 0 bridgehead atoms. The van der Waals surface area contributed by atoms with E-state index in [9.17, 15) is 8.42 Å². The molecule has 1 unspecified atom stereocenters. The maximum Gasteiger partial charge on any atom is 0.242 e. The van der Waals surface area contributed by atoms with E-state index in [4.69, 9.17) is 11.6 Å². The summed E-state index contributed by atoms with van der Waals surface area (Å²) in [5.41, 5.74) is 0.893. The highest BCUT2D eigenvalue weighted by molar-refractivity contribution is 7.89.